The molecule has 146 valence electrons. The fraction of sp³-hybridized carbons (Fsp3) is 0.182. The first-order chi connectivity index (χ1) is 14.0. The Morgan fingerprint density at radius 3 is 2.48 bits per heavy atom. The molecule has 7 heteroatoms. The molecule has 2 heterocycles. The fourth-order valence-electron chi connectivity index (χ4n) is 3.33. The minimum Gasteiger partial charge on any atom is -0.497 e. The molecule has 4 rings (SSSR count). The van der Waals surface area contributed by atoms with E-state index in [1.165, 1.54) is 0 Å². The molecule has 1 amide bonds. The summed E-state index contributed by atoms with van der Waals surface area (Å²) >= 11 is 0. The normalized spacial score (nSPS) is 10.9. The van der Waals surface area contributed by atoms with E-state index in [-0.39, 0.29) is 11.6 Å². The number of carbonyl (C=O) groups is 1. The number of aryl methyl sites for hydroxylation is 3. The summed E-state index contributed by atoms with van der Waals surface area (Å²) in [4.78, 5) is 12.8. The second-order valence-electron chi connectivity index (χ2n) is 6.88. The van der Waals surface area contributed by atoms with Crippen LogP contribution >= 0.6 is 0 Å². The van der Waals surface area contributed by atoms with Gasteiger partial charge in [-0.3, -0.25) is 4.79 Å². The number of ether oxygens (including phenoxy) is 1. The number of rotatable bonds is 4. The van der Waals surface area contributed by atoms with Gasteiger partial charge in [-0.05, 0) is 56.2 Å². The Labute approximate surface area is 168 Å². The maximum atomic E-state index is 12.8. The minimum atomic E-state index is -0.318. The van der Waals surface area contributed by atoms with Crippen LogP contribution in [0.3, 0.4) is 0 Å². The Bertz CT molecular complexity index is 1210. The van der Waals surface area contributed by atoms with Crippen molar-refractivity contribution in [3.8, 4) is 16.9 Å². The van der Waals surface area contributed by atoms with E-state index in [2.05, 4.69) is 20.6 Å². The van der Waals surface area contributed by atoms with E-state index >= 15 is 0 Å². The van der Waals surface area contributed by atoms with Crippen molar-refractivity contribution in [2.24, 2.45) is 0 Å². The van der Waals surface area contributed by atoms with E-state index < -0.39 is 0 Å². The Kier molecular flexibility index (Phi) is 4.72. The minimum absolute atomic E-state index is 0.239. The van der Waals surface area contributed by atoms with Crippen LogP contribution in [0.25, 0.3) is 16.8 Å². The van der Waals surface area contributed by atoms with Gasteiger partial charge in [-0.15, -0.1) is 10.2 Å². The summed E-state index contributed by atoms with van der Waals surface area (Å²) in [5.74, 6) is 0.460. The lowest BCUT2D eigenvalue weighted by Crippen LogP contribution is -2.18. The number of benzene rings is 2. The van der Waals surface area contributed by atoms with Gasteiger partial charge in [0, 0.05) is 5.69 Å². The average molecular weight is 387 g/mol. The number of hydrogen-bond donors (Lipinski definition) is 1. The fourth-order valence-corrected chi connectivity index (χ4v) is 3.33. The zero-order valence-corrected chi connectivity index (χ0v) is 16.7. The highest BCUT2D eigenvalue weighted by Gasteiger charge is 2.20. The molecule has 0 aliphatic carbocycles. The van der Waals surface area contributed by atoms with Crippen molar-refractivity contribution >= 4 is 17.2 Å². The molecule has 0 spiro atoms. The van der Waals surface area contributed by atoms with Gasteiger partial charge in [-0.1, -0.05) is 24.3 Å². The molecule has 2 aromatic heterocycles. The molecule has 1 N–H and O–H groups in total. The van der Waals surface area contributed by atoms with Gasteiger partial charge in [-0.2, -0.15) is 5.10 Å². The van der Waals surface area contributed by atoms with Crippen LogP contribution in [-0.4, -0.2) is 32.8 Å². The number of anilines is 1. The summed E-state index contributed by atoms with van der Waals surface area (Å²) in [6.45, 7) is 5.71. The summed E-state index contributed by atoms with van der Waals surface area (Å²) in [7, 11) is 1.63. The molecule has 0 saturated carbocycles. The lowest BCUT2D eigenvalue weighted by molar-refractivity contribution is 0.102. The molecule has 0 fully saturated rings. The van der Waals surface area contributed by atoms with Gasteiger partial charge in [0.05, 0.1) is 24.1 Å². The summed E-state index contributed by atoms with van der Waals surface area (Å²) in [5.41, 5.74) is 5.91. The maximum absolute atomic E-state index is 12.8. The third kappa shape index (κ3) is 3.42. The first-order valence-electron chi connectivity index (χ1n) is 9.23. The standard InChI is InChI=1S/C22H21N5O2/c1-13-6-5-7-17(12-13)23-22(28)20-15(3)27-21(25-24-20)19(14(2)26-27)16-8-10-18(29-4)11-9-16/h5-12H,1-4H3,(H,23,28). The predicted octanol–water partition coefficient (Wildman–Crippen LogP) is 3.98. The highest BCUT2D eigenvalue weighted by Crippen LogP contribution is 2.29. The number of amides is 1. The van der Waals surface area contributed by atoms with Crippen LogP contribution in [0.15, 0.2) is 48.5 Å². The van der Waals surface area contributed by atoms with Crippen molar-refractivity contribution in [2.45, 2.75) is 20.8 Å². The van der Waals surface area contributed by atoms with E-state index in [0.29, 0.717) is 17.0 Å². The molecule has 7 nitrogen and oxygen atoms in total. The predicted molar refractivity (Wildman–Crippen MR) is 111 cm³/mol. The Balaban J connectivity index is 1.73. The summed E-state index contributed by atoms with van der Waals surface area (Å²) in [6.07, 6.45) is 0. The van der Waals surface area contributed by atoms with Crippen molar-refractivity contribution in [2.75, 3.05) is 12.4 Å². The van der Waals surface area contributed by atoms with Gasteiger partial charge in [-0.25, -0.2) is 4.52 Å². The second kappa shape index (κ2) is 7.35. The van der Waals surface area contributed by atoms with E-state index in [4.69, 9.17) is 4.74 Å². The Hall–Kier alpha value is -3.74. The average Bonchev–Trinajstić information content (AvgIpc) is 3.05. The summed E-state index contributed by atoms with van der Waals surface area (Å²) in [5, 5.41) is 16.0. The Morgan fingerprint density at radius 1 is 1.03 bits per heavy atom. The molecule has 2 aromatic carbocycles. The molecule has 4 aromatic rings. The third-order valence-corrected chi connectivity index (χ3v) is 4.81. The van der Waals surface area contributed by atoms with Gasteiger partial charge >= 0.3 is 0 Å². The summed E-state index contributed by atoms with van der Waals surface area (Å²) < 4.78 is 6.90. The zero-order chi connectivity index (χ0) is 20.5. The van der Waals surface area contributed by atoms with E-state index in [1.807, 2.05) is 69.3 Å². The molecule has 0 radical (unpaired) electrons. The van der Waals surface area contributed by atoms with Crippen molar-refractivity contribution < 1.29 is 9.53 Å². The quantitative estimate of drug-likeness (QED) is 0.573. The zero-order valence-electron chi connectivity index (χ0n) is 16.7. The van der Waals surface area contributed by atoms with Crippen molar-refractivity contribution in [1.82, 2.24) is 19.8 Å². The number of fused-ring (bicyclic) bond motifs is 1. The number of methoxy groups -OCH3 is 1. The molecular formula is C22H21N5O2. The largest absolute Gasteiger partial charge is 0.497 e. The smallest absolute Gasteiger partial charge is 0.278 e. The number of nitrogens with one attached hydrogen (secondary N) is 1. The SMILES string of the molecule is COc1ccc(-c2c(C)nn3c(C)c(C(=O)Nc4cccc(C)c4)nnc23)cc1. The van der Waals surface area contributed by atoms with Gasteiger partial charge in [0.15, 0.2) is 11.3 Å². The first kappa shape index (κ1) is 18.6. The third-order valence-electron chi connectivity index (χ3n) is 4.81. The van der Waals surface area contributed by atoms with E-state index in [1.54, 1.807) is 11.6 Å². The van der Waals surface area contributed by atoms with Crippen LogP contribution in [0.2, 0.25) is 0 Å². The highest BCUT2D eigenvalue weighted by atomic mass is 16.5. The maximum Gasteiger partial charge on any atom is 0.278 e. The number of hydrogen-bond acceptors (Lipinski definition) is 5. The molecule has 0 unspecified atom stereocenters. The van der Waals surface area contributed by atoms with Gasteiger partial charge in [0.1, 0.15) is 5.75 Å². The molecule has 0 saturated heterocycles. The first-order valence-corrected chi connectivity index (χ1v) is 9.23. The van der Waals surface area contributed by atoms with Crippen LogP contribution in [0, 0.1) is 20.8 Å². The second-order valence-corrected chi connectivity index (χ2v) is 6.88. The van der Waals surface area contributed by atoms with E-state index in [9.17, 15) is 4.79 Å². The van der Waals surface area contributed by atoms with Gasteiger partial charge in [0.2, 0.25) is 0 Å². The van der Waals surface area contributed by atoms with Crippen LogP contribution in [-0.2, 0) is 0 Å². The molecular weight excluding hydrogens is 366 g/mol. The van der Waals surface area contributed by atoms with Gasteiger partial charge < -0.3 is 10.1 Å². The van der Waals surface area contributed by atoms with Crippen molar-refractivity contribution in [3.05, 3.63) is 71.2 Å². The van der Waals surface area contributed by atoms with Crippen LogP contribution in [0.5, 0.6) is 5.75 Å². The molecule has 0 aliphatic heterocycles. The topological polar surface area (TPSA) is 81.4 Å². The van der Waals surface area contributed by atoms with Crippen LogP contribution in [0.4, 0.5) is 5.69 Å². The number of carbonyl (C=O) groups excluding carboxylic acids is 1. The Morgan fingerprint density at radius 2 is 1.79 bits per heavy atom. The molecule has 0 atom stereocenters. The molecule has 0 aliphatic rings. The summed E-state index contributed by atoms with van der Waals surface area (Å²) in [6, 6.07) is 15.3. The van der Waals surface area contributed by atoms with Gasteiger partial charge in [0.25, 0.3) is 5.91 Å². The van der Waals surface area contributed by atoms with Crippen LogP contribution < -0.4 is 10.1 Å². The van der Waals surface area contributed by atoms with Crippen LogP contribution in [0.1, 0.15) is 27.4 Å². The number of nitrogens with zero attached hydrogens (tertiary/aromatic N) is 4. The highest BCUT2D eigenvalue weighted by molar-refractivity contribution is 6.03. The molecule has 29 heavy (non-hydrogen) atoms. The lowest BCUT2D eigenvalue weighted by Gasteiger charge is -2.08. The van der Waals surface area contributed by atoms with Crippen molar-refractivity contribution in [1.29, 1.82) is 0 Å². The lowest BCUT2D eigenvalue weighted by atomic mass is 10.1. The number of aromatic nitrogens is 4. The molecule has 0 bridgehead atoms. The monoisotopic (exact) mass is 387 g/mol. The van der Waals surface area contributed by atoms with E-state index in [0.717, 1.165) is 28.1 Å². The van der Waals surface area contributed by atoms with Crippen molar-refractivity contribution in [3.63, 3.8) is 0 Å².